The largest absolute Gasteiger partial charge is 0.508 e. The molecule has 0 radical (unpaired) electrons. The third kappa shape index (κ3) is 3.97. The number of benzene rings is 2. The van der Waals surface area contributed by atoms with Crippen molar-refractivity contribution in [2.75, 3.05) is 12.3 Å². The highest BCUT2D eigenvalue weighted by Crippen LogP contribution is 2.27. The van der Waals surface area contributed by atoms with Gasteiger partial charge in [-0.1, -0.05) is 36.4 Å². The monoisotopic (exact) mass is 364 g/mol. The van der Waals surface area contributed by atoms with Crippen LogP contribution in [0.3, 0.4) is 0 Å². The number of thioether (sulfide) groups is 1. The molecule has 1 aliphatic heterocycles. The van der Waals surface area contributed by atoms with E-state index in [1.807, 2.05) is 23.9 Å². The third-order valence-electron chi connectivity index (χ3n) is 4.99. The first-order valence-electron chi connectivity index (χ1n) is 9.14. The molecule has 0 bridgehead atoms. The van der Waals surface area contributed by atoms with E-state index in [-0.39, 0.29) is 0 Å². The lowest BCUT2D eigenvalue weighted by Crippen LogP contribution is -2.33. The molecule has 0 spiro atoms. The number of fused-ring (bicyclic) bond motifs is 1. The number of hydrogen-bond donors (Lipinski definition) is 3. The quantitative estimate of drug-likeness (QED) is 0.543. The Kier molecular flexibility index (Phi) is 5.32. The molecule has 3 nitrogen and oxygen atoms in total. The first kappa shape index (κ1) is 17.3. The number of H-pyrrole nitrogens is 1. The number of aromatic hydroxyl groups is 1. The third-order valence-corrected chi connectivity index (χ3v) is 6.02. The van der Waals surface area contributed by atoms with E-state index < -0.39 is 0 Å². The van der Waals surface area contributed by atoms with E-state index in [4.69, 9.17) is 0 Å². The van der Waals surface area contributed by atoms with Crippen molar-refractivity contribution in [2.45, 2.75) is 24.6 Å². The Morgan fingerprint density at radius 3 is 2.88 bits per heavy atom. The van der Waals surface area contributed by atoms with Gasteiger partial charge in [0.25, 0.3) is 0 Å². The molecule has 4 heteroatoms. The summed E-state index contributed by atoms with van der Waals surface area (Å²) in [5.74, 6) is 2.43. The van der Waals surface area contributed by atoms with Gasteiger partial charge in [-0.15, -0.1) is 0 Å². The Bertz CT molecular complexity index is 901. The van der Waals surface area contributed by atoms with Crippen molar-refractivity contribution in [3.05, 3.63) is 71.9 Å². The standard InChI is InChI=1S/C22H24N2OS/c25-20-6-7-22-21(13-20)18(14-24-22)15-26-11-9-19-12-17(8-10-23-19)16-4-2-1-3-5-16/h1-8,13-14,19,23-25H,9-12,15H2. The van der Waals surface area contributed by atoms with E-state index in [9.17, 15) is 5.11 Å². The van der Waals surface area contributed by atoms with Crippen LogP contribution >= 0.6 is 11.8 Å². The molecule has 26 heavy (non-hydrogen) atoms. The fraction of sp³-hybridized carbons (Fsp3) is 0.273. The molecule has 1 atom stereocenters. The summed E-state index contributed by atoms with van der Waals surface area (Å²) in [5.41, 5.74) is 5.17. The number of rotatable bonds is 6. The Morgan fingerprint density at radius 2 is 2.00 bits per heavy atom. The average molecular weight is 365 g/mol. The van der Waals surface area contributed by atoms with Crippen molar-refractivity contribution in [3.63, 3.8) is 0 Å². The number of aromatic amines is 1. The maximum Gasteiger partial charge on any atom is 0.116 e. The van der Waals surface area contributed by atoms with E-state index in [0.717, 1.165) is 35.4 Å². The normalized spacial score (nSPS) is 17.4. The molecule has 1 aliphatic rings. The van der Waals surface area contributed by atoms with Gasteiger partial charge < -0.3 is 15.4 Å². The van der Waals surface area contributed by atoms with Gasteiger partial charge in [0.1, 0.15) is 5.75 Å². The number of phenols is 1. The number of hydrogen-bond acceptors (Lipinski definition) is 3. The average Bonchev–Trinajstić information content (AvgIpc) is 3.08. The van der Waals surface area contributed by atoms with Crippen LogP contribution in [-0.4, -0.2) is 28.4 Å². The van der Waals surface area contributed by atoms with Crippen LogP contribution in [0.2, 0.25) is 0 Å². The molecular weight excluding hydrogens is 340 g/mol. The van der Waals surface area contributed by atoms with Crippen LogP contribution in [0, 0.1) is 0 Å². The van der Waals surface area contributed by atoms with Crippen LogP contribution in [0.5, 0.6) is 5.75 Å². The van der Waals surface area contributed by atoms with Crippen molar-refractivity contribution < 1.29 is 5.11 Å². The highest BCUT2D eigenvalue weighted by atomic mass is 32.2. The molecule has 0 amide bonds. The maximum atomic E-state index is 9.70. The minimum Gasteiger partial charge on any atom is -0.508 e. The molecule has 0 aliphatic carbocycles. The smallest absolute Gasteiger partial charge is 0.116 e. The molecule has 3 aromatic rings. The van der Waals surface area contributed by atoms with Crippen molar-refractivity contribution >= 4 is 28.2 Å². The molecule has 1 unspecified atom stereocenters. The molecule has 2 heterocycles. The highest BCUT2D eigenvalue weighted by molar-refractivity contribution is 7.98. The van der Waals surface area contributed by atoms with Gasteiger partial charge in [-0.25, -0.2) is 0 Å². The predicted molar refractivity (Wildman–Crippen MR) is 112 cm³/mol. The molecule has 0 saturated carbocycles. The van der Waals surface area contributed by atoms with Crippen LogP contribution in [0.25, 0.3) is 16.5 Å². The van der Waals surface area contributed by atoms with Crippen molar-refractivity contribution in [1.82, 2.24) is 10.3 Å². The minimum absolute atomic E-state index is 0.329. The van der Waals surface area contributed by atoms with E-state index in [1.165, 1.54) is 23.1 Å². The second kappa shape index (κ2) is 8.02. The summed E-state index contributed by atoms with van der Waals surface area (Å²) in [7, 11) is 0. The van der Waals surface area contributed by atoms with Crippen molar-refractivity contribution in [1.29, 1.82) is 0 Å². The molecule has 3 N–H and O–H groups in total. The van der Waals surface area contributed by atoms with Gasteiger partial charge in [-0.2, -0.15) is 11.8 Å². The lowest BCUT2D eigenvalue weighted by molar-refractivity contribution is 0.476. The number of aromatic nitrogens is 1. The van der Waals surface area contributed by atoms with Crippen LogP contribution in [0.15, 0.2) is 60.8 Å². The fourth-order valence-electron chi connectivity index (χ4n) is 3.56. The summed E-state index contributed by atoms with van der Waals surface area (Å²) >= 11 is 1.96. The highest BCUT2D eigenvalue weighted by Gasteiger charge is 2.15. The summed E-state index contributed by atoms with van der Waals surface area (Å²) in [6.07, 6.45) is 6.65. The molecule has 134 valence electrons. The summed E-state index contributed by atoms with van der Waals surface area (Å²) in [4.78, 5) is 3.29. The summed E-state index contributed by atoms with van der Waals surface area (Å²) in [5, 5.41) is 14.4. The van der Waals surface area contributed by atoms with E-state index in [1.54, 1.807) is 6.07 Å². The zero-order valence-corrected chi connectivity index (χ0v) is 15.6. The number of phenolic OH excluding ortho intramolecular Hbond substituents is 1. The Balaban J connectivity index is 1.28. The van der Waals surface area contributed by atoms with Crippen LogP contribution in [0.4, 0.5) is 0 Å². The van der Waals surface area contributed by atoms with E-state index in [0.29, 0.717) is 11.8 Å². The lowest BCUT2D eigenvalue weighted by atomic mass is 9.94. The van der Waals surface area contributed by atoms with Crippen molar-refractivity contribution in [2.24, 2.45) is 0 Å². The van der Waals surface area contributed by atoms with Gasteiger partial charge in [0.15, 0.2) is 0 Å². The fourth-order valence-corrected chi connectivity index (χ4v) is 4.61. The predicted octanol–water partition coefficient (Wildman–Crippen LogP) is 4.94. The second-order valence-corrected chi connectivity index (χ2v) is 7.89. The topological polar surface area (TPSA) is 48.0 Å². The van der Waals surface area contributed by atoms with Gasteiger partial charge >= 0.3 is 0 Å². The second-order valence-electron chi connectivity index (χ2n) is 6.79. The Labute approximate surface area is 158 Å². The van der Waals surface area contributed by atoms with Crippen LogP contribution in [0.1, 0.15) is 24.0 Å². The Morgan fingerprint density at radius 1 is 1.12 bits per heavy atom. The maximum absolute atomic E-state index is 9.70. The van der Waals surface area contributed by atoms with E-state index in [2.05, 4.69) is 52.9 Å². The molecule has 4 rings (SSSR count). The molecular formula is C22H24N2OS. The van der Waals surface area contributed by atoms with Gasteiger partial charge in [-0.3, -0.25) is 0 Å². The zero-order valence-electron chi connectivity index (χ0n) is 14.7. The molecule has 2 aromatic carbocycles. The van der Waals surface area contributed by atoms with Gasteiger partial charge in [0.2, 0.25) is 0 Å². The van der Waals surface area contributed by atoms with Crippen molar-refractivity contribution in [3.8, 4) is 5.75 Å². The summed E-state index contributed by atoms with van der Waals surface area (Å²) < 4.78 is 0. The Hall–Kier alpha value is -2.17. The molecule has 1 aromatic heterocycles. The first-order chi connectivity index (χ1) is 12.8. The lowest BCUT2D eigenvalue weighted by Gasteiger charge is -2.24. The summed E-state index contributed by atoms with van der Waals surface area (Å²) in [6.45, 7) is 0.960. The number of nitrogens with one attached hydrogen (secondary N) is 2. The van der Waals surface area contributed by atoms with Crippen LogP contribution < -0.4 is 5.32 Å². The van der Waals surface area contributed by atoms with E-state index >= 15 is 0 Å². The van der Waals surface area contributed by atoms with Gasteiger partial charge in [0, 0.05) is 35.4 Å². The zero-order chi connectivity index (χ0) is 17.8. The molecule has 0 saturated heterocycles. The first-order valence-corrected chi connectivity index (χ1v) is 10.3. The molecule has 0 fully saturated rings. The van der Waals surface area contributed by atoms with Crippen LogP contribution in [-0.2, 0) is 5.75 Å². The van der Waals surface area contributed by atoms with Gasteiger partial charge in [-0.05, 0) is 53.5 Å². The SMILES string of the molecule is Oc1ccc2[nH]cc(CSCCC3CC(c4ccccc4)=CCN3)c2c1. The van der Waals surface area contributed by atoms with Gasteiger partial charge in [0.05, 0.1) is 0 Å². The minimum atomic E-state index is 0.329. The summed E-state index contributed by atoms with van der Waals surface area (Å²) in [6, 6.07) is 16.8.